The molecule has 0 fully saturated rings. The van der Waals surface area contributed by atoms with E-state index >= 15 is 0 Å². The quantitative estimate of drug-likeness (QED) is 0.643. The third-order valence-corrected chi connectivity index (χ3v) is 1.16. The molecule has 51 valence electrons. The Bertz CT molecular complexity index is 181. The molecular weight excluding hydrogens is 201 g/mol. The summed E-state index contributed by atoms with van der Waals surface area (Å²) in [6, 6.07) is 7.61. The van der Waals surface area contributed by atoms with E-state index in [9.17, 15) is 0 Å². The second-order valence-electron chi connectivity index (χ2n) is 1.85. The Balaban J connectivity index is 0.000000810. The molecule has 0 saturated heterocycles. The van der Waals surface area contributed by atoms with Crippen LogP contribution in [0.25, 0.3) is 0 Å². The molecule has 0 aliphatic rings. The molecular formula is C8H9OY-. The van der Waals surface area contributed by atoms with Gasteiger partial charge in [-0.25, -0.2) is 0 Å². The van der Waals surface area contributed by atoms with E-state index in [0.717, 1.165) is 11.3 Å². The fraction of sp³-hybridized carbons (Fsp3) is 0.125. The fourth-order valence-electron chi connectivity index (χ4n) is 0.626. The number of hydrogen-bond donors (Lipinski definition) is 0. The Kier molecular flexibility index (Phi) is 4.75. The second kappa shape index (κ2) is 4.76. The van der Waals surface area contributed by atoms with Gasteiger partial charge in [-0.15, -0.1) is 0 Å². The van der Waals surface area contributed by atoms with Crippen molar-refractivity contribution in [1.82, 2.24) is 0 Å². The molecule has 0 aliphatic carbocycles. The topological polar surface area (TPSA) is 9.23 Å². The van der Waals surface area contributed by atoms with Gasteiger partial charge in [-0.2, -0.15) is 24.6 Å². The minimum Gasteiger partial charge on any atom is -0.499 e. The van der Waals surface area contributed by atoms with Gasteiger partial charge in [0.05, 0.1) is 12.9 Å². The number of rotatable bonds is 1. The summed E-state index contributed by atoms with van der Waals surface area (Å²) < 4.78 is 4.94. The van der Waals surface area contributed by atoms with Crippen molar-refractivity contribution in [2.75, 3.05) is 7.11 Å². The van der Waals surface area contributed by atoms with Gasteiger partial charge in [0.1, 0.15) is 0 Å². The normalized spacial score (nSPS) is 8.10. The van der Waals surface area contributed by atoms with Gasteiger partial charge < -0.3 is 4.74 Å². The third-order valence-electron chi connectivity index (χ3n) is 1.16. The van der Waals surface area contributed by atoms with Crippen molar-refractivity contribution >= 4 is 0 Å². The molecule has 2 heteroatoms. The maximum atomic E-state index is 4.94. The van der Waals surface area contributed by atoms with Crippen LogP contribution in [0.4, 0.5) is 0 Å². The molecule has 0 amide bonds. The summed E-state index contributed by atoms with van der Waals surface area (Å²) >= 11 is 0. The molecule has 0 heterocycles. The van der Waals surface area contributed by atoms with E-state index in [1.807, 2.05) is 24.3 Å². The Morgan fingerprint density at radius 3 is 2.10 bits per heavy atom. The molecule has 0 N–H and O–H groups in total. The number of methoxy groups -OCH3 is 1. The minimum atomic E-state index is 0. The first-order valence-electron chi connectivity index (χ1n) is 2.79. The van der Waals surface area contributed by atoms with Crippen LogP contribution >= 0.6 is 0 Å². The van der Waals surface area contributed by atoms with E-state index in [4.69, 9.17) is 4.74 Å². The first kappa shape index (κ1) is 9.99. The zero-order valence-corrected chi connectivity index (χ0v) is 8.84. The Hall–Kier alpha value is -0.00610. The molecule has 10 heavy (non-hydrogen) atoms. The molecule has 0 aromatic heterocycles. The van der Waals surface area contributed by atoms with Crippen LogP contribution in [0.3, 0.4) is 0 Å². The second-order valence-corrected chi connectivity index (χ2v) is 1.85. The van der Waals surface area contributed by atoms with Crippen LogP contribution in [0.1, 0.15) is 5.56 Å². The molecule has 1 aromatic rings. The Labute approximate surface area is 86.7 Å². The maximum absolute atomic E-state index is 4.94. The van der Waals surface area contributed by atoms with Crippen molar-refractivity contribution in [3.8, 4) is 5.75 Å². The third kappa shape index (κ3) is 2.72. The SMILES string of the molecule is [CH2-]c1ccc(OC)cc1.[Y]. The smallest absolute Gasteiger partial charge is 0.0943 e. The van der Waals surface area contributed by atoms with Gasteiger partial charge in [0, 0.05) is 32.7 Å². The summed E-state index contributed by atoms with van der Waals surface area (Å²) in [6.45, 7) is 3.74. The van der Waals surface area contributed by atoms with E-state index in [0.29, 0.717) is 0 Å². The van der Waals surface area contributed by atoms with Crippen LogP contribution in [0.5, 0.6) is 5.75 Å². The van der Waals surface area contributed by atoms with E-state index in [2.05, 4.69) is 6.92 Å². The predicted octanol–water partition coefficient (Wildman–Crippen LogP) is 1.87. The molecule has 1 rings (SSSR count). The van der Waals surface area contributed by atoms with Gasteiger partial charge in [-0.3, -0.25) is 0 Å². The molecule has 0 spiro atoms. The van der Waals surface area contributed by atoms with Gasteiger partial charge >= 0.3 is 0 Å². The zero-order valence-electron chi connectivity index (χ0n) is 6.00. The predicted molar refractivity (Wildman–Crippen MR) is 37.5 cm³/mol. The molecule has 1 radical (unpaired) electrons. The summed E-state index contributed by atoms with van der Waals surface area (Å²) in [6.07, 6.45) is 0. The standard InChI is InChI=1S/C8H9O.Y/c1-7-3-5-8(9-2)6-4-7;/h3-6H,1H2,2H3;/q-1;. The molecule has 0 unspecified atom stereocenters. The minimum absolute atomic E-state index is 0. The van der Waals surface area contributed by atoms with Crippen molar-refractivity contribution in [3.63, 3.8) is 0 Å². The van der Waals surface area contributed by atoms with Crippen molar-refractivity contribution in [2.24, 2.45) is 0 Å². The van der Waals surface area contributed by atoms with Gasteiger partial charge in [-0.1, -0.05) is 12.1 Å². The van der Waals surface area contributed by atoms with Gasteiger partial charge in [-0.05, 0) is 0 Å². The van der Waals surface area contributed by atoms with E-state index in [1.54, 1.807) is 7.11 Å². The Morgan fingerprint density at radius 2 is 1.70 bits per heavy atom. The van der Waals surface area contributed by atoms with Crippen LogP contribution in [0, 0.1) is 6.92 Å². The first-order chi connectivity index (χ1) is 4.33. The molecule has 1 aromatic carbocycles. The van der Waals surface area contributed by atoms with Crippen LogP contribution in [-0.4, -0.2) is 7.11 Å². The average Bonchev–Trinajstić information content (AvgIpc) is 1.90. The van der Waals surface area contributed by atoms with Crippen molar-refractivity contribution in [1.29, 1.82) is 0 Å². The van der Waals surface area contributed by atoms with Crippen molar-refractivity contribution in [2.45, 2.75) is 0 Å². The summed E-state index contributed by atoms with van der Waals surface area (Å²) in [5.74, 6) is 0.877. The van der Waals surface area contributed by atoms with Crippen molar-refractivity contribution in [3.05, 3.63) is 36.8 Å². The van der Waals surface area contributed by atoms with E-state index < -0.39 is 0 Å². The van der Waals surface area contributed by atoms with E-state index in [-0.39, 0.29) is 32.7 Å². The number of hydrogen-bond acceptors (Lipinski definition) is 1. The average molecular weight is 210 g/mol. The summed E-state index contributed by atoms with van der Waals surface area (Å²) in [5, 5.41) is 0. The monoisotopic (exact) mass is 210 g/mol. The van der Waals surface area contributed by atoms with Crippen LogP contribution in [0.15, 0.2) is 24.3 Å². The van der Waals surface area contributed by atoms with E-state index in [1.165, 1.54) is 0 Å². The summed E-state index contributed by atoms with van der Waals surface area (Å²) in [5.41, 5.74) is 1.01. The first-order valence-corrected chi connectivity index (χ1v) is 2.79. The molecule has 0 bridgehead atoms. The van der Waals surface area contributed by atoms with Crippen molar-refractivity contribution < 1.29 is 37.4 Å². The summed E-state index contributed by atoms with van der Waals surface area (Å²) in [4.78, 5) is 0. The van der Waals surface area contributed by atoms with Crippen LogP contribution in [-0.2, 0) is 32.7 Å². The molecule has 0 saturated carbocycles. The number of ether oxygens (including phenoxy) is 1. The largest absolute Gasteiger partial charge is 0.499 e. The summed E-state index contributed by atoms with van der Waals surface area (Å²) in [7, 11) is 1.65. The van der Waals surface area contributed by atoms with Crippen LogP contribution < -0.4 is 4.74 Å². The Morgan fingerprint density at radius 1 is 1.20 bits per heavy atom. The molecule has 0 aliphatic heterocycles. The number of benzene rings is 1. The molecule has 0 atom stereocenters. The fourth-order valence-corrected chi connectivity index (χ4v) is 0.626. The van der Waals surface area contributed by atoms with Gasteiger partial charge in [0.25, 0.3) is 0 Å². The van der Waals surface area contributed by atoms with Gasteiger partial charge in [0.15, 0.2) is 0 Å². The maximum Gasteiger partial charge on any atom is 0.0943 e. The molecule has 1 nitrogen and oxygen atoms in total. The van der Waals surface area contributed by atoms with Crippen LogP contribution in [0.2, 0.25) is 0 Å². The zero-order chi connectivity index (χ0) is 6.69. The van der Waals surface area contributed by atoms with Gasteiger partial charge in [0.2, 0.25) is 0 Å².